The second-order valence-electron chi connectivity index (χ2n) is 5.94. The maximum absolute atomic E-state index is 12.7. The summed E-state index contributed by atoms with van der Waals surface area (Å²) >= 11 is 0. The van der Waals surface area contributed by atoms with Gasteiger partial charge in [0.2, 0.25) is 0 Å². The van der Waals surface area contributed by atoms with E-state index >= 15 is 0 Å². The minimum atomic E-state index is -0.361. The fourth-order valence-corrected chi connectivity index (χ4v) is 3.21. The number of ketones is 1. The van der Waals surface area contributed by atoms with Crippen LogP contribution < -0.4 is 0 Å². The summed E-state index contributed by atoms with van der Waals surface area (Å²) in [5.74, 6) is 0.314. The van der Waals surface area contributed by atoms with E-state index in [9.17, 15) is 14.3 Å². The SMILES string of the molecule is O=C(c1ccc2cc(O)ccc2c1)C1CCCN(CCF)C1. The average Bonchev–Trinajstić information content (AvgIpc) is 2.54. The molecule has 0 radical (unpaired) electrons. The van der Waals surface area contributed by atoms with Crippen LogP contribution in [0, 0.1) is 5.92 Å². The summed E-state index contributed by atoms with van der Waals surface area (Å²) < 4.78 is 12.5. The lowest BCUT2D eigenvalue weighted by atomic mass is 9.89. The van der Waals surface area contributed by atoms with Crippen LogP contribution in [-0.4, -0.2) is 42.1 Å². The molecule has 0 bridgehead atoms. The third-order valence-electron chi connectivity index (χ3n) is 4.39. The summed E-state index contributed by atoms with van der Waals surface area (Å²) in [6.45, 7) is 1.59. The number of rotatable bonds is 4. The number of fused-ring (bicyclic) bond motifs is 1. The summed E-state index contributed by atoms with van der Waals surface area (Å²) in [5.41, 5.74) is 0.699. The van der Waals surface area contributed by atoms with Crippen LogP contribution in [0.15, 0.2) is 36.4 Å². The number of phenolic OH excluding ortho intramolecular Hbond substituents is 1. The van der Waals surface area contributed by atoms with Crippen LogP contribution >= 0.6 is 0 Å². The van der Waals surface area contributed by atoms with E-state index in [1.165, 1.54) is 0 Å². The van der Waals surface area contributed by atoms with E-state index in [4.69, 9.17) is 0 Å². The molecule has 3 rings (SSSR count). The van der Waals surface area contributed by atoms with E-state index in [-0.39, 0.29) is 24.1 Å². The summed E-state index contributed by atoms with van der Waals surface area (Å²) in [6.07, 6.45) is 1.81. The van der Waals surface area contributed by atoms with Gasteiger partial charge in [0.25, 0.3) is 0 Å². The van der Waals surface area contributed by atoms with Crippen molar-refractivity contribution in [2.45, 2.75) is 12.8 Å². The number of nitrogens with zero attached hydrogens (tertiary/aromatic N) is 1. The molecule has 116 valence electrons. The highest BCUT2D eigenvalue weighted by atomic mass is 19.1. The van der Waals surface area contributed by atoms with Crippen molar-refractivity contribution in [1.82, 2.24) is 4.90 Å². The number of phenols is 1. The van der Waals surface area contributed by atoms with Crippen molar-refractivity contribution in [1.29, 1.82) is 0 Å². The predicted octanol–water partition coefficient (Wildman–Crippen LogP) is 3.41. The normalized spacial score (nSPS) is 19.4. The van der Waals surface area contributed by atoms with Crippen LogP contribution in [0.4, 0.5) is 4.39 Å². The second-order valence-corrected chi connectivity index (χ2v) is 5.94. The smallest absolute Gasteiger partial charge is 0.167 e. The lowest BCUT2D eigenvalue weighted by Crippen LogP contribution is -2.39. The molecule has 1 aliphatic heterocycles. The molecule has 3 nitrogen and oxygen atoms in total. The lowest BCUT2D eigenvalue weighted by Gasteiger charge is -2.31. The maximum Gasteiger partial charge on any atom is 0.167 e. The number of carbonyl (C=O) groups is 1. The van der Waals surface area contributed by atoms with E-state index in [1.54, 1.807) is 12.1 Å². The van der Waals surface area contributed by atoms with E-state index in [0.29, 0.717) is 18.7 Å². The minimum absolute atomic E-state index is 0.0464. The van der Waals surface area contributed by atoms with Gasteiger partial charge in [0.15, 0.2) is 5.78 Å². The number of likely N-dealkylation sites (tertiary alicyclic amines) is 1. The Balaban J connectivity index is 1.80. The van der Waals surface area contributed by atoms with Crippen molar-refractivity contribution in [3.8, 4) is 5.75 Å². The summed E-state index contributed by atoms with van der Waals surface area (Å²) in [7, 11) is 0. The first-order valence-corrected chi connectivity index (χ1v) is 7.72. The van der Waals surface area contributed by atoms with Crippen molar-refractivity contribution >= 4 is 16.6 Å². The summed E-state index contributed by atoms with van der Waals surface area (Å²) in [5, 5.41) is 11.3. The number of carbonyl (C=O) groups excluding carboxylic acids is 1. The highest BCUT2D eigenvalue weighted by molar-refractivity contribution is 6.01. The van der Waals surface area contributed by atoms with Gasteiger partial charge >= 0.3 is 0 Å². The Kier molecular flexibility index (Phi) is 4.39. The van der Waals surface area contributed by atoms with Gasteiger partial charge in [0.1, 0.15) is 12.4 Å². The lowest BCUT2D eigenvalue weighted by molar-refractivity contribution is 0.0812. The summed E-state index contributed by atoms with van der Waals surface area (Å²) in [4.78, 5) is 14.7. The van der Waals surface area contributed by atoms with Gasteiger partial charge < -0.3 is 10.0 Å². The highest BCUT2D eigenvalue weighted by Crippen LogP contribution is 2.25. The molecule has 2 aromatic rings. The van der Waals surface area contributed by atoms with Crippen molar-refractivity contribution in [2.24, 2.45) is 5.92 Å². The van der Waals surface area contributed by atoms with Crippen molar-refractivity contribution < 1.29 is 14.3 Å². The van der Waals surface area contributed by atoms with Gasteiger partial charge in [-0.3, -0.25) is 4.79 Å². The first-order chi connectivity index (χ1) is 10.7. The fraction of sp³-hybridized carbons (Fsp3) is 0.389. The first-order valence-electron chi connectivity index (χ1n) is 7.72. The first kappa shape index (κ1) is 15.0. The summed E-state index contributed by atoms with van der Waals surface area (Å²) in [6, 6.07) is 10.7. The van der Waals surface area contributed by atoms with Crippen LogP contribution in [0.2, 0.25) is 0 Å². The molecular weight excluding hydrogens is 281 g/mol. The largest absolute Gasteiger partial charge is 0.508 e. The molecular formula is C18H20FNO2. The Morgan fingerprint density at radius 3 is 2.82 bits per heavy atom. The number of Topliss-reactive ketones (excluding diaryl/α,β-unsaturated/α-hetero) is 1. The Labute approximate surface area is 129 Å². The molecule has 1 aliphatic rings. The van der Waals surface area contributed by atoms with Gasteiger partial charge in [-0.25, -0.2) is 4.39 Å². The van der Waals surface area contributed by atoms with E-state index in [1.807, 2.05) is 29.2 Å². The third kappa shape index (κ3) is 3.12. The molecule has 4 heteroatoms. The van der Waals surface area contributed by atoms with Gasteiger partial charge in [-0.2, -0.15) is 0 Å². The molecule has 0 saturated carbocycles. The molecule has 0 spiro atoms. The predicted molar refractivity (Wildman–Crippen MR) is 85.1 cm³/mol. The van der Waals surface area contributed by atoms with Crippen molar-refractivity contribution in [3.63, 3.8) is 0 Å². The Morgan fingerprint density at radius 2 is 2.00 bits per heavy atom. The fourth-order valence-electron chi connectivity index (χ4n) is 3.21. The van der Waals surface area contributed by atoms with Gasteiger partial charge in [-0.15, -0.1) is 0 Å². The Hall–Kier alpha value is -1.94. The molecule has 0 aromatic heterocycles. The quantitative estimate of drug-likeness (QED) is 0.880. The Bertz CT molecular complexity index is 684. The van der Waals surface area contributed by atoms with Crippen LogP contribution in [0.5, 0.6) is 5.75 Å². The van der Waals surface area contributed by atoms with Crippen LogP contribution in [0.25, 0.3) is 10.8 Å². The van der Waals surface area contributed by atoms with Gasteiger partial charge in [0, 0.05) is 24.6 Å². The zero-order valence-corrected chi connectivity index (χ0v) is 12.5. The molecule has 1 saturated heterocycles. The van der Waals surface area contributed by atoms with Crippen LogP contribution in [0.1, 0.15) is 23.2 Å². The van der Waals surface area contributed by atoms with E-state index in [2.05, 4.69) is 0 Å². The van der Waals surface area contributed by atoms with Crippen molar-refractivity contribution in [3.05, 3.63) is 42.0 Å². The second kappa shape index (κ2) is 6.44. The van der Waals surface area contributed by atoms with Gasteiger partial charge in [-0.1, -0.05) is 18.2 Å². The van der Waals surface area contributed by atoms with E-state index in [0.717, 1.165) is 30.2 Å². The molecule has 1 unspecified atom stereocenters. The zero-order valence-electron chi connectivity index (χ0n) is 12.5. The van der Waals surface area contributed by atoms with E-state index < -0.39 is 0 Å². The highest BCUT2D eigenvalue weighted by Gasteiger charge is 2.26. The number of hydrogen-bond acceptors (Lipinski definition) is 3. The number of alkyl halides is 1. The molecule has 0 amide bonds. The molecule has 2 aromatic carbocycles. The molecule has 1 N–H and O–H groups in total. The number of halogens is 1. The standard InChI is InChI=1S/C18H20FNO2/c19-7-9-20-8-1-2-16(12-20)18(22)15-4-3-14-11-17(21)6-5-13(14)10-15/h3-6,10-11,16,21H,1-2,7-9,12H2. The molecule has 22 heavy (non-hydrogen) atoms. The van der Waals surface area contributed by atoms with Crippen LogP contribution in [0.3, 0.4) is 0 Å². The Morgan fingerprint density at radius 1 is 1.23 bits per heavy atom. The number of aromatic hydroxyl groups is 1. The topological polar surface area (TPSA) is 40.5 Å². The third-order valence-corrected chi connectivity index (χ3v) is 4.39. The van der Waals surface area contributed by atoms with Gasteiger partial charge in [-0.05, 0) is 48.4 Å². The minimum Gasteiger partial charge on any atom is -0.508 e. The zero-order chi connectivity index (χ0) is 15.5. The maximum atomic E-state index is 12.7. The van der Waals surface area contributed by atoms with Crippen molar-refractivity contribution in [2.75, 3.05) is 26.3 Å². The van der Waals surface area contributed by atoms with Gasteiger partial charge in [0.05, 0.1) is 0 Å². The van der Waals surface area contributed by atoms with Crippen LogP contribution in [-0.2, 0) is 0 Å². The molecule has 1 heterocycles. The number of benzene rings is 2. The average molecular weight is 301 g/mol. The molecule has 0 aliphatic carbocycles. The number of piperidine rings is 1. The molecule has 1 fully saturated rings. The number of hydrogen-bond donors (Lipinski definition) is 1. The molecule has 1 atom stereocenters. The monoisotopic (exact) mass is 301 g/mol.